The van der Waals surface area contributed by atoms with Gasteiger partial charge in [-0.2, -0.15) is 0 Å². The summed E-state index contributed by atoms with van der Waals surface area (Å²) >= 11 is 0. The van der Waals surface area contributed by atoms with Crippen LogP contribution in [0.3, 0.4) is 0 Å². The van der Waals surface area contributed by atoms with Crippen molar-refractivity contribution in [3.05, 3.63) is 18.1 Å². The second kappa shape index (κ2) is 7.78. The Bertz CT molecular complexity index is 632. The fourth-order valence-electron chi connectivity index (χ4n) is 2.77. The molecule has 1 fully saturated rings. The van der Waals surface area contributed by atoms with E-state index in [1.807, 2.05) is 6.07 Å². The maximum Gasteiger partial charge on any atom is 0.151 e. The van der Waals surface area contributed by atoms with Crippen LogP contribution in [0.15, 0.2) is 12.4 Å². The second-order valence-corrected chi connectivity index (χ2v) is 10.0. The molecule has 1 aliphatic heterocycles. The number of piperidine rings is 1. The number of rotatable bonds is 6. The zero-order valence-electron chi connectivity index (χ0n) is 15.2. The SMILES string of the molecule is CCS(=O)(=O)CCN1CCC(Nc2cc(C(C)(C)C)ncn2)CC1. The number of aromatic nitrogens is 2. The Hall–Kier alpha value is -1.21. The van der Waals surface area contributed by atoms with Crippen LogP contribution in [-0.4, -0.2) is 60.5 Å². The van der Waals surface area contributed by atoms with Gasteiger partial charge in [-0.3, -0.25) is 0 Å². The normalized spacial score (nSPS) is 17.8. The van der Waals surface area contributed by atoms with E-state index in [4.69, 9.17) is 0 Å². The molecule has 0 saturated carbocycles. The van der Waals surface area contributed by atoms with E-state index in [9.17, 15) is 8.42 Å². The molecule has 1 N–H and O–H groups in total. The van der Waals surface area contributed by atoms with Crippen molar-refractivity contribution in [1.29, 1.82) is 0 Å². The van der Waals surface area contributed by atoms with Gasteiger partial charge in [-0.1, -0.05) is 27.7 Å². The first-order valence-electron chi connectivity index (χ1n) is 8.71. The lowest BCUT2D eigenvalue weighted by molar-refractivity contribution is 0.230. The first kappa shape index (κ1) is 19.1. The molecular weight excluding hydrogens is 324 g/mol. The summed E-state index contributed by atoms with van der Waals surface area (Å²) in [5.41, 5.74) is 1.04. The Morgan fingerprint density at radius 2 is 1.92 bits per heavy atom. The minimum Gasteiger partial charge on any atom is -0.367 e. The quantitative estimate of drug-likeness (QED) is 0.843. The number of likely N-dealkylation sites (tertiary alicyclic amines) is 1. The van der Waals surface area contributed by atoms with Crippen LogP contribution in [0.25, 0.3) is 0 Å². The Morgan fingerprint density at radius 1 is 1.25 bits per heavy atom. The maximum atomic E-state index is 11.6. The minimum atomic E-state index is -2.87. The van der Waals surface area contributed by atoms with Gasteiger partial charge in [-0.05, 0) is 12.8 Å². The maximum absolute atomic E-state index is 11.6. The molecule has 0 aromatic carbocycles. The molecule has 0 aliphatic carbocycles. The third kappa shape index (κ3) is 5.70. The van der Waals surface area contributed by atoms with Crippen molar-refractivity contribution < 1.29 is 8.42 Å². The van der Waals surface area contributed by atoms with E-state index in [0.717, 1.165) is 37.4 Å². The van der Waals surface area contributed by atoms with Gasteiger partial charge >= 0.3 is 0 Å². The first-order chi connectivity index (χ1) is 11.2. The molecule has 0 bridgehead atoms. The van der Waals surface area contributed by atoms with Crippen LogP contribution < -0.4 is 5.32 Å². The molecule has 0 unspecified atom stereocenters. The van der Waals surface area contributed by atoms with Gasteiger partial charge in [0.2, 0.25) is 0 Å². The van der Waals surface area contributed by atoms with Crippen LogP contribution in [0.1, 0.15) is 46.2 Å². The average Bonchev–Trinajstić information content (AvgIpc) is 2.54. The summed E-state index contributed by atoms with van der Waals surface area (Å²) in [4.78, 5) is 10.9. The highest BCUT2D eigenvalue weighted by molar-refractivity contribution is 7.91. The lowest BCUT2D eigenvalue weighted by Crippen LogP contribution is -2.41. The van der Waals surface area contributed by atoms with Crippen LogP contribution in [0.4, 0.5) is 5.82 Å². The lowest BCUT2D eigenvalue weighted by atomic mass is 9.92. The van der Waals surface area contributed by atoms with E-state index in [2.05, 4.69) is 41.0 Å². The van der Waals surface area contributed by atoms with Gasteiger partial charge in [0.05, 0.1) is 11.4 Å². The van der Waals surface area contributed by atoms with Crippen LogP contribution >= 0.6 is 0 Å². The van der Waals surface area contributed by atoms with Crippen LogP contribution in [-0.2, 0) is 15.3 Å². The number of hydrogen-bond donors (Lipinski definition) is 1. The molecule has 2 heterocycles. The van der Waals surface area contributed by atoms with E-state index in [0.29, 0.717) is 12.6 Å². The molecule has 136 valence electrons. The van der Waals surface area contributed by atoms with Crippen LogP contribution in [0, 0.1) is 0 Å². The Kier molecular flexibility index (Phi) is 6.20. The van der Waals surface area contributed by atoms with Crippen molar-refractivity contribution in [3.63, 3.8) is 0 Å². The highest BCUT2D eigenvalue weighted by Gasteiger charge is 2.22. The smallest absolute Gasteiger partial charge is 0.151 e. The van der Waals surface area contributed by atoms with Gasteiger partial charge in [0.15, 0.2) is 9.84 Å². The molecule has 1 aromatic rings. The van der Waals surface area contributed by atoms with E-state index in [1.165, 1.54) is 0 Å². The van der Waals surface area contributed by atoms with E-state index in [-0.39, 0.29) is 16.9 Å². The zero-order valence-corrected chi connectivity index (χ0v) is 16.1. The van der Waals surface area contributed by atoms with Crippen LogP contribution in [0.2, 0.25) is 0 Å². The average molecular weight is 355 g/mol. The fraction of sp³-hybridized carbons (Fsp3) is 0.765. The second-order valence-electron chi connectivity index (χ2n) is 7.54. The summed E-state index contributed by atoms with van der Waals surface area (Å²) in [6, 6.07) is 2.41. The highest BCUT2D eigenvalue weighted by atomic mass is 32.2. The summed E-state index contributed by atoms with van der Waals surface area (Å²) in [7, 11) is -2.87. The summed E-state index contributed by atoms with van der Waals surface area (Å²) in [6.07, 6.45) is 3.62. The Labute approximate surface area is 146 Å². The number of sulfone groups is 1. The molecular formula is C17H30N4O2S. The zero-order chi connectivity index (χ0) is 17.8. The lowest BCUT2D eigenvalue weighted by Gasteiger charge is -2.32. The molecule has 1 aromatic heterocycles. The van der Waals surface area contributed by atoms with Gasteiger partial charge in [-0.25, -0.2) is 18.4 Å². The minimum absolute atomic E-state index is 0.00744. The standard InChI is InChI=1S/C17H30N4O2S/c1-5-24(22,23)11-10-21-8-6-14(7-9-21)20-16-12-15(17(2,3)4)18-13-19-16/h12-14H,5-11H2,1-4H3,(H,18,19,20). The summed E-state index contributed by atoms with van der Waals surface area (Å²) in [5.74, 6) is 1.37. The van der Waals surface area contributed by atoms with Gasteiger partial charge in [-0.15, -0.1) is 0 Å². The fourth-order valence-corrected chi connectivity index (χ4v) is 3.59. The summed E-state index contributed by atoms with van der Waals surface area (Å²) in [6.45, 7) is 10.6. The van der Waals surface area contributed by atoms with Crippen molar-refractivity contribution in [2.75, 3.05) is 36.5 Å². The Morgan fingerprint density at radius 3 is 2.50 bits per heavy atom. The molecule has 2 rings (SSSR count). The van der Waals surface area contributed by atoms with Crippen LogP contribution in [0.5, 0.6) is 0 Å². The van der Waals surface area contributed by atoms with Gasteiger partial charge in [0.1, 0.15) is 12.1 Å². The van der Waals surface area contributed by atoms with Crippen molar-refractivity contribution in [2.45, 2.75) is 52.0 Å². The number of nitrogens with zero attached hydrogens (tertiary/aromatic N) is 3. The number of nitrogens with one attached hydrogen (secondary N) is 1. The van der Waals surface area contributed by atoms with Crippen molar-refractivity contribution in [1.82, 2.24) is 14.9 Å². The topological polar surface area (TPSA) is 75.2 Å². The monoisotopic (exact) mass is 354 g/mol. The Balaban J connectivity index is 1.83. The van der Waals surface area contributed by atoms with Crippen molar-refractivity contribution in [3.8, 4) is 0 Å². The largest absolute Gasteiger partial charge is 0.367 e. The molecule has 24 heavy (non-hydrogen) atoms. The molecule has 6 nitrogen and oxygen atoms in total. The van der Waals surface area contributed by atoms with E-state index in [1.54, 1.807) is 13.3 Å². The van der Waals surface area contributed by atoms with Crippen molar-refractivity contribution >= 4 is 15.7 Å². The van der Waals surface area contributed by atoms with Crippen molar-refractivity contribution in [2.24, 2.45) is 0 Å². The van der Waals surface area contributed by atoms with E-state index >= 15 is 0 Å². The highest BCUT2D eigenvalue weighted by Crippen LogP contribution is 2.22. The summed E-state index contributed by atoms with van der Waals surface area (Å²) in [5, 5.41) is 3.50. The third-order valence-corrected chi connectivity index (χ3v) is 6.22. The number of anilines is 1. The summed E-state index contributed by atoms with van der Waals surface area (Å²) < 4.78 is 23.2. The molecule has 1 saturated heterocycles. The van der Waals surface area contributed by atoms with Gasteiger partial charge < -0.3 is 10.2 Å². The van der Waals surface area contributed by atoms with Gasteiger partial charge in [0.25, 0.3) is 0 Å². The molecule has 0 amide bonds. The molecule has 0 radical (unpaired) electrons. The molecule has 0 atom stereocenters. The molecule has 7 heteroatoms. The van der Waals surface area contributed by atoms with Gasteiger partial charge in [0, 0.05) is 42.9 Å². The first-order valence-corrected chi connectivity index (χ1v) is 10.5. The molecule has 1 aliphatic rings. The predicted octanol–water partition coefficient (Wildman–Crippen LogP) is 2.09. The number of hydrogen-bond acceptors (Lipinski definition) is 6. The predicted molar refractivity (Wildman–Crippen MR) is 98.1 cm³/mol. The third-order valence-electron chi connectivity index (χ3n) is 4.53. The molecule has 0 spiro atoms. The van der Waals surface area contributed by atoms with E-state index < -0.39 is 9.84 Å².